The molecule has 326 valence electrons. The minimum Gasteiger partial charge on any atom is -0.488 e. The second-order valence-electron chi connectivity index (χ2n) is 17.6. The van der Waals surface area contributed by atoms with Gasteiger partial charge in [-0.1, -0.05) is 32.0 Å². The number of ether oxygens (including phenoxy) is 3. The Hall–Kier alpha value is -6.16. The highest BCUT2D eigenvalue weighted by atomic mass is 16.5. The summed E-state index contributed by atoms with van der Waals surface area (Å²) in [5.74, 6) is 1.36. The van der Waals surface area contributed by atoms with Crippen LogP contribution in [0.3, 0.4) is 0 Å². The topological polar surface area (TPSA) is 204 Å². The molecule has 9 rings (SSSR count). The molecule has 5 aromatic rings. The Bertz CT molecular complexity index is 2540. The number of imidazole rings is 2. The fourth-order valence-corrected chi connectivity index (χ4v) is 10.1. The van der Waals surface area contributed by atoms with Gasteiger partial charge in [0, 0.05) is 35.6 Å². The fourth-order valence-electron chi connectivity index (χ4n) is 10.1. The number of H-pyrrole nitrogens is 2. The van der Waals surface area contributed by atoms with E-state index < -0.39 is 24.3 Å². The Balaban J connectivity index is 0.965. The lowest BCUT2D eigenvalue weighted by atomic mass is 9.92. The number of benzene rings is 3. The van der Waals surface area contributed by atoms with Crippen molar-refractivity contribution in [3.8, 4) is 28.1 Å². The van der Waals surface area contributed by atoms with Gasteiger partial charge < -0.3 is 49.7 Å². The molecule has 4 aliphatic rings. The Morgan fingerprint density at radius 3 is 2.35 bits per heavy atom. The smallest absolute Gasteiger partial charge is 0.407 e. The van der Waals surface area contributed by atoms with E-state index in [1.54, 1.807) is 0 Å². The van der Waals surface area contributed by atoms with Gasteiger partial charge in [-0.25, -0.2) is 19.6 Å². The van der Waals surface area contributed by atoms with E-state index in [9.17, 15) is 24.3 Å². The second kappa shape index (κ2) is 16.6. The molecule has 3 fully saturated rings. The molecule has 7 atom stereocenters. The first-order valence-corrected chi connectivity index (χ1v) is 21.7. The van der Waals surface area contributed by atoms with Gasteiger partial charge in [0.25, 0.3) is 0 Å². The molecule has 0 bridgehead atoms. The van der Waals surface area contributed by atoms with Gasteiger partial charge in [-0.3, -0.25) is 9.59 Å². The van der Waals surface area contributed by atoms with Gasteiger partial charge in [-0.15, -0.1) is 0 Å². The second-order valence-corrected chi connectivity index (χ2v) is 17.6. The molecular formula is C46H54N8O8. The maximum absolute atomic E-state index is 14.2. The zero-order valence-corrected chi connectivity index (χ0v) is 35.7. The number of hydrogen-bond donors (Lipinski definition) is 5. The predicted molar refractivity (Wildman–Crippen MR) is 230 cm³/mol. The fraction of sp³-hybridized carbons (Fsp3) is 0.478. The van der Waals surface area contributed by atoms with Crippen molar-refractivity contribution in [3.63, 3.8) is 0 Å². The normalized spacial score (nSPS) is 23.2. The molecule has 0 radical (unpaired) electrons. The summed E-state index contributed by atoms with van der Waals surface area (Å²) in [5.41, 5.74) is 6.48. The average molecular weight is 847 g/mol. The number of rotatable bonds is 9. The summed E-state index contributed by atoms with van der Waals surface area (Å²) < 4.78 is 16.9. The number of fused-ring (bicyclic) bond motifs is 6. The summed E-state index contributed by atoms with van der Waals surface area (Å²) in [6, 6.07) is 12.2. The van der Waals surface area contributed by atoms with Crippen LogP contribution in [0.1, 0.15) is 95.5 Å². The number of nitrogens with zero attached hydrogens (tertiary/aromatic N) is 4. The summed E-state index contributed by atoms with van der Waals surface area (Å²) in [5, 5.41) is 16.8. The standard InChI is InChI=1S/C46H54N8O8/c1-23(2)38(52-46(59)60-5)43(55)53-24(3)8-14-35(53)41-47-20-34(49-41)27-10-12-30-29(17-27)22-62-37-19-31-26(18-32(30)37)11-13-33-40(31)50-42(48-33)36-15-9-25(4)54(36)44(56)39(51-45(57)58)28-7-6-16-61-21-28/h10-13,17-20,23-25,28,35-36,38-39,51H,6-9,14-16,21-22H2,1-5H3,(H,47,49)(H,48,50)(H,52,59)(H,57,58)/t24-,25-,28+,35-,36-,38-,39-/m0/s1. The first-order chi connectivity index (χ1) is 29.9. The van der Waals surface area contributed by atoms with Gasteiger partial charge in [-0.2, -0.15) is 0 Å². The number of alkyl carbamates (subject to hydrolysis) is 1. The molecule has 62 heavy (non-hydrogen) atoms. The van der Waals surface area contributed by atoms with Crippen molar-refractivity contribution in [2.45, 2.75) is 109 Å². The van der Waals surface area contributed by atoms with Crippen LogP contribution in [0.15, 0.2) is 48.7 Å². The van der Waals surface area contributed by atoms with Crippen LogP contribution in [0, 0.1) is 11.8 Å². The van der Waals surface area contributed by atoms with Crippen LogP contribution >= 0.6 is 0 Å². The Labute approximate surface area is 359 Å². The van der Waals surface area contributed by atoms with Crippen LogP contribution in [-0.2, 0) is 25.7 Å². The molecule has 4 aliphatic heterocycles. The third-order valence-corrected chi connectivity index (χ3v) is 13.4. The van der Waals surface area contributed by atoms with Gasteiger partial charge in [0.1, 0.15) is 36.1 Å². The van der Waals surface area contributed by atoms with Gasteiger partial charge in [-0.05, 0) is 105 Å². The molecule has 6 heterocycles. The first kappa shape index (κ1) is 41.2. The molecule has 3 aromatic carbocycles. The summed E-state index contributed by atoms with van der Waals surface area (Å²) in [6.07, 6.45) is 4.49. The SMILES string of the molecule is COC(=O)N[C@H](C(=O)N1[C@@H](C)CC[C@H]1c1ncc(-c2ccc3c(c2)COc2cc4c(ccc5[nH]c([C@@H]6CC[C@H](C)N6C(=O)[C@@H](NC(=O)O)[C@@H]6CCCOC6)nc54)cc2-3)[nH]1)C(C)C. The van der Waals surface area contributed by atoms with E-state index in [1.165, 1.54) is 7.11 Å². The molecule has 0 unspecified atom stereocenters. The number of methoxy groups -OCH3 is 1. The highest BCUT2D eigenvalue weighted by molar-refractivity contribution is 6.07. The van der Waals surface area contributed by atoms with Crippen molar-refractivity contribution >= 4 is 45.8 Å². The lowest BCUT2D eigenvalue weighted by Crippen LogP contribution is -2.54. The average Bonchev–Trinajstić information content (AvgIpc) is 4.09. The molecule has 5 N–H and O–H groups in total. The number of carbonyl (C=O) groups is 4. The van der Waals surface area contributed by atoms with E-state index in [2.05, 4.69) is 50.9 Å². The molecule has 16 nitrogen and oxygen atoms in total. The number of hydrogen-bond acceptors (Lipinski definition) is 9. The molecular weight excluding hydrogens is 793 g/mol. The molecule has 0 aliphatic carbocycles. The van der Waals surface area contributed by atoms with Crippen LogP contribution < -0.4 is 15.4 Å². The number of aromatic nitrogens is 4. The quantitative estimate of drug-likeness (QED) is 0.101. The van der Waals surface area contributed by atoms with E-state index in [0.717, 1.165) is 81.2 Å². The number of carbonyl (C=O) groups excluding carboxylic acids is 3. The van der Waals surface area contributed by atoms with Crippen molar-refractivity contribution in [2.75, 3.05) is 20.3 Å². The van der Waals surface area contributed by atoms with Crippen LogP contribution in [0.25, 0.3) is 44.2 Å². The minimum atomic E-state index is -1.22. The minimum absolute atomic E-state index is 0.0215. The van der Waals surface area contributed by atoms with Crippen molar-refractivity contribution in [1.82, 2.24) is 40.4 Å². The maximum atomic E-state index is 14.2. The number of carboxylic acid groups (broad SMARTS) is 1. The molecule has 4 amide bonds. The van der Waals surface area contributed by atoms with E-state index in [4.69, 9.17) is 24.2 Å². The van der Waals surface area contributed by atoms with Gasteiger partial charge in [0.2, 0.25) is 11.8 Å². The summed E-state index contributed by atoms with van der Waals surface area (Å²) in [6.45, 7) is 9.16. The Morgan fingerprint density at radius 1 is 0.887 bits per heavy atom. The van der Waals surface area contributed by atoms with Crippen LogP contribution in [0.4, 0.5) is 9.59 Å². The lowest BCUT2D eigenvalue weighted by molar-refractivity contribution is -0.139. The number of amides is 4. The highest BCUT2D eigenvalue weighted by Crippen LogP contribution is 2.44. The Kier molecular flexibility index (Phi) is 11.0. The van der Waals surface area contributed by atoms with Gasteiger partial charge in [0.15, 0.2) is 0 Å². The number of nitrogens with one attached hydrogen (secondary N) is 4. The summed E-state index contributed by atoms with van der Waals surface area (Å²) in [4.78, 5) is 72.6. The zero-order valence-electron chi connectivity index (χ0n) is 35.7. The van der Waals surface area contributed by atoms with E-state index in [0.29, 0.717) is 44.3 Å². The molecule has 16 heteroatoms. The monoisotopic (exact) mass is 846 g/mol. The van der Waals surface area contributed by atoms with Crippen LogP contribution in [-0.4, -0.2) is 103 Å². The van der Waals surface area contributed by atoms with Crippen molar-refractivity contribution < 1.29 is 38.5 Å². The summed E-state index contributed by atoms with van der Waals surface area (Å²) >= 11 is 0. The molecule has 3 saturated heterocycles. The van der Waals surface area contributed by atoms with Crippen molar-refractivity contribution in [1.29, 1.82) is 0 Å². The van der Waals surface area contributed by atoms with E-state index >= 15 is 0 Å². The Morgan fingerprint density at radius 2 is 1.65 bits per heavy atom. The molecule has 0 saturated carbocycles. The number of likely N-dealkylation sites (tertiary alicyclic amines) is 2. The van der Waals surface area contributed by atoms with Crippen LogP contribution in [0.2, 0.25) is 0 Å². The first-order valence-electron chi connectivity index (χ1n) is 21.7. The van der Waals surface area contributed by atoms with Crippen LogP contribution in [0.5, 0.6) is 5.75 Å². The zero-order chi connectivity index (χ0) is 43.4. The van der Waals surface area contributed by atoms with Crippen molar-refractivity contribution in [3.05, 3.63) is 65.9 Å². The molecule has 0 spiro atoms. The maximum Gasteiger partial charge on any atom is 0.407 e. The lowest BCUT2D eigenvalue weighted by Gasteiger charge is -2.35. The summed E-state index contributed by atoms with van der Waals surface area (Å²) in [7, 11) is 1.29. The third-order valence-electron chi connectivity index (χ3n) is 13.4. The molecule has 2 aromatic heterocycles. The van der Waals surface area contributed by atoms with E-state index in [-0.39, 0.29) is 47.8 Å². The largest absolute Gasteiger partial charge is 0.488 e. The predicted octanol–water partition coefficient (Wildman–Crippen LogP) is 7.21. The van der Waals surface area contributed by atoms with Crippen molar-refractivity contribution in [2.24, 2.45) is 11.8 Å². The van der Waals surface area contributed by atoms with Gasteiger partial charge >= 0.3 is 12.2 Å². The highest BCUT2D eigenvalue weighted by Gasteiger charge is 2.44. The van der Waals surface area contributed by atoms with Gasteiger partial charge in [0.05, 0.1) is 48.7 Å². The third kappa shape index (κ3) is 7.47. The number of aromatic amines is 2. The van der Waals surface area contributed by atoms with E-state index in [1.807, 2.05) is 55.8 Å².